The summed E-state index contributed by atoms with van der Waals surface area (Å²) in [4.78, 5) is 26.0. The summed E-state index contributed by atoms with van der Waals surface area (Å²) in [5, 5.41) is 12.9. The van der Waals surface area contributed by atoms with Gasteiger partial charge in [-0.15, -0.1) is 12.4 Å². The van der Waals surface area contributed by atoms with Gasteiger partial charge in [0, 0.05) is 26.2 Å². The molecule has 4 N–H and O–H groups in total. The summed E-state index contributed by atoms with van der Waals surface area (Å²) in [6.07, 6.45) is 2.56. The molecule has 2 amide bonds. The monoisotopic (exact) mass is 351 g/mol. The second-order valence-electron chi connectivity index (χ2n) is 5.72. The molecular weight excluding hydrogens is 322 g/mol. The van der Waals surface area contributed by atoms with E-state index in [0.29, 0.717) is 32.5 Å². The van der Waals surface area contributed by atoms with Crippen LogP contribution in [0.1, 0.15) is 39.0 Å². The lowest BCUT2D eigenvalue weighted by Crippen LogP contribution is -2.53. The van der Waals surface area contributed by atoms with Crippen LogP contribution in [0.4, 0.5) is 0 Å². The molecule has 0 aromatic carbocycles. The molecule has 1 aliphatic heterocycles. The highest BCUT2D eigenvalue weighted by Gasteiger charge is 2.37. The highest BCUT2D eigenvalue weighted by Crippen LogP contribution is 2.19. The van der Waals surface area contributed by atoms with Crippen molar-refractivity contribution in [3.8, 4) is 0 Å². The molecule has 1 heterocycles. The fourth-order valence-electron chi connectivity index (χ4n) is 2.65. The van der Waals surface area contributed by atoms with E-state index < -0.39 is 24.1 Å². The lowest BCUT2D eigenvalue weighted by atomic mass is 10.0. The van der Waals surface area contributed by atoms with E-state index in [2.05, 4.69) is 5.32 Å². The minimum absolute atomic E-state index is 0. The molecule has 23 heavy (non-hydrogen) atoms. The van der Waals surface area contributed by atoms with E-state index in [1.807, 2.05) is 6.92 Å². The maximum atomic E-state index is 12.4. The summed E-state index contributed by atoms with van der Waals surface area (Å²) in [5.41, 5.74) is 5.88. The third-order valence-corrected chi connectivity index (χ3v) is 3.99. The molecule has 8 heteroatoms. The number of ether oxygens (including phenoxy) is 1. The molecule has 0 bridgehead atoms. The van der Waals surface area contributed by atoms with Gasteiger partial charge < -0.3 is 25.8 Å². The van der Waals surface area contributed by atoms with Crippen LogP contribution >= 0.6 is 12.4 Å². The summed E-state index contributed by atoms with van der Waals surface area (Å²) in [5.74, 6) is -0.634. The first kappa shape index (κ1) is 22.1. The number of halogens is 1. The zero-order valence-corrected chi connectivity index (χ0v) is 14.8. The zero-order valence-electron chi connectivity index (χ0n) is 14.0. The number of hydrogen-bond donors (Lipinski definition) is 3. The van der Waals surface area contributed by atoms with Crippen LogP contribution in [0.5, 0.6) is 0 Å². The van der Waals surface area contributed by atoms with Crippen molar-refractivity contribution >= 4 is 24.2 Å². The van der Waals surface area contributed by atoms with Gasteiger partial charge >= 0.3 is 0 Å². The summed E-state index contributed by atoms with van der Waals surface area (Å²) in [6, 6.07) is -1.09. The van der Waals surface area contributed by atoms with Crippen LogP contribution < -0.4 is 11.1 Å². The first-order valence-electron chi connectivity index (χ1n) is 8.03. The van der Waals surface area contributed by atoms with E-state index in [1.54, 1.807) is 7.11 Å². The van der Waals surface area contributed by atoms with Gasteiger partial charge in [0.2, 0.25) is 5.91 Å². The number of carbonyl (C=O) groups excluding carboxylic acids is 2. The number of likely N-dealkylation sites (tertiary alicyclic amines) is 1. The van der Waals surface area contributed by atoms with Gasteiger partial charge in [0.25, 0.3) is 5.91 Å². The molecule has 7 nitrogen and oxygen atoms in total. The molecule has 3 atom stereocenters. The summed E-state index contributed by atoms with van der Waals surface area (Å²) >= 11 is 0. The lowest BCUT2D eigenvalue weighted by Gasteiger charge is -2.28. The van der Waals surface area contributed by atoms with E-state index in [-0.39, 0.29) is 18.3 Å². The number of carbonyl (C=O) groups is 2. The largest absolute Gasteiger partial charge is 0.383 e. The van der Waals surface area contributed by atoms with E-state index in [1.165, 1.54) is 4.90 Å². The first-order chi connectivity index (χ1) is 10.5. The van der Waals surface area contributed by atoms with Gasteiger partial charge in [-0.25, -0.2) is 0 Å². The van der Waals surface area contributed by atoms with Gasteiger partial charge in [0.15, 0.2) is 0 Å². The summed E-state index contributed by atoms with van der Waals surface area (Å²) in [6.45, 7) is 3.35. The highest BCUT2D eigenvalue weighted by atomic mass is 35.5. The Balaban J connectivity index is 0.00000484. The van der Waals surface area contributed by atoms with Crippen LogP contribution in [0.3, 0.4) is 0 Å². The molecule has 1 aliphatic rings. The molecule has 0 aliphatic carbocycles. The Kier molecular flexibility index (Phi) is 11.2. The lowest BCUT2D eigenvalue weighted by molar-refractivity contribution is -0.146. The van der Waals surface area contributed by atoms with Gasteiger partial charge in [-0.1, -0.05) is 19.8 Å². The van der Waals surface area contributed by atoms with Gasteiger partial charge in [-0.3, -0.25) is 9.59 Å². The molecule has 0 aromatic rings. The fourth-order valence-corrected chi connectivity index (χ4v) is 2.65. The first-order valence-corrected chi connectivity index (χ1v) is 8.03. The summed E-state index contributed by atoms with van der Waals surface area (Å²) < 4.78 is 4.88. The van der Waals surface area contributed by atoms with Crippen molar-refractivity contribution in [3.05, 3.63) is 0 Å². The second kappa shape index (κ2) is 11.6. The topological polar surface area (TPSA) is 105 Å². The number of amides is 2. The number of hydrogen-bond acceptors (Lipinski definition) is 5. The third kappa shape index (κ3) is 6.63. The Morgan fingerprint density at radius 1 is 1.48 bits per heavy atom. The average Bonchev–Trinajstić information content (AvgIpc) is 3.00. The second-order valence-corrected chi connectivity index (χ2v) is 5.72. The van der Waals surface area contributed by atoms with Crippen molar-refractivity contribution in [1.29, 1.82) is 0 Å². The SMILES string of the molecule is CCCC[C@@H](N)C(O)C(=O)N1CCC[C@H]1C(=O)NCCOC.Cl. The van der Waals surface area contributed by atoms with Crippen molar-refractivity contribution in [3.63, 3.8) is 0 Å². The Labute approximate surface area is 144 Å². The Morgan fingerprint density at radius 3 is 2.78 bits per heavy atom. The van der Waals surface area contributed by atoms with Gasteiger partial charge in [-0.05, 0) is 19.3 Å². The minimum Gasteiger partial charge on any atom is -0.383 e. The predicted octanol–water partition coefficient (Wildman–Crippen LogP) is 0.0402. The van der Waals surface area contributed by atoms with E-state index in [4.69, 9.17) is 10.5 Å². The molecule has 1 rings (SSSR count). The minimum atomic E-state index is -1.24. The number of nitrogens with zero attached hydrogens (tertiary/aromatic N) is 1. The molecule has 1 saturated heterocycles. The maximum Gasteiger partial charge on any atom is 0.253 e. The van der Waals surface area contributed by atoms with Crippen LogP contribution in [-0.4, -0.2) is 66.8 Å². The van der Waals surface area contributed by atoms with E-state index in [0.717, 1.165) is 19.3 Å². The van der Waals surface area contributed by atoms with Crippen LogP contribution in [0.25, 0.3) is 0 Å². The highest BCUT2D eigenvalue weighted by molar-refractivity contribution is 5.90. The van der Waals surface area contributed by atoms with E-state index in [9.17, 15) is 14.7 Å². The van der Waals surface area contributed by atoms with Gasteiger partial charge in [0.1, 0.15) is 12.1 Å². The molecule has 1 unspecified atom stereocenters. The quantitative estimate of drug-likeness (QED) is 0.509. The maximum absolute atomic E-state index is 12.4. The van der Waals surface area contributed by atoms with Crippen molar-refractivity contribution in [2.75, 3.05) is 26.8 Å². The number of rotatable bonds is 9. The number of aliphatic hydroxyl groups is 1. The molecular formula is C15H30ClN3O4. The number of nitrogens with two attached hydrogens (primary N) is 1. The molecule has 0 aromatic heterocycles. The number of nitrogens with one attached hydrogen (secondary N) is 1. The van der Waals surface area contributed by atoms with Crippen LogP contribution in [0.2, 0.25) is 0 Å². The smallest absolute Gasteiger partial charge is 0.253 e. The van der Waals surface area contributed by atoms with Crippen molar-refractivity contribution in [2.45, 2.75) is 57.2 Å². The van der Waals surface area contributed by atoms with Crippen LogP contribution in [-0.2, 0) is 14.3 Å². The zero-order chi connectivity index (χ0) is 16.5. The Morgan fingerprint density at radius 2 is 2.17 bits per heavy atom. The number of methoxy groups -OCH3 is 1. The molecule has 0 spiro atoms. The van der Waals surface area contributed by atoms with E-state index >= 15 is 0 Å². The Hall–Kier alpha value is -0.890. The number of aliphatic hydroxyl groups excluding tert-OH is 1. The molecule has 1 fully saturated rings. The van der Waals surface area contributed by atoms with Crippen LogP contribution in [0, 0.1) is 0 Å². The van der Waals surface area contributed by atoms with Crippen molar-refractivity contribution < 1.29 is 19.4 Å². The van der Waals surface area contributed by atoms with Crippen molar-refractivity contribution in [1.82, 2.24) is 10.2 Å². The molecule has 0 radical (unpaired) electrons. The van der Waals surface area contributed by atoms with Crippen LogP contribution in [0.15, 0.2) is 0 Å². The molecule has 136 valence electrons. The average molecular weight is 352 g/mol. The van der Waals surface area contributed by atoms with Gasteiger partial charge in [0.05, 0.1) is 6.61 Å². The predicted molar refractivity (Wildman–Crippen MR) is 90.4 cm³/mol. The fraction of sp³-hybridized carbons (Fsp3) is 0.867. The molecule has 0 saturated carbocycles. The normalized spacial score (nSPS) is 19.8. The number of unbranched alkanes of at least 4 members (excludes halogenated alkanes) is 1. The Bertz CT molecular complexity index is 371. The van der Waals surface area contributed by atoms with Crippen molar-refractivity contribution in [2.24, 2.45) is 5.73 Å². The summed E-state index contributed by atoms with van der Waals surface area (Å²) in [7, 11) is 1.56. The standard InChI is InChI=1S/C15H29N3O4.ClH/c1-3-4-6-11(16)13(19)15(21)18-9-5-7-12(18)14(20)17-8-10-22-2;/h11-13,19H,3-10,16H2,1-2H3,(H,17,20);1H/t11-,12+,13?;/m1./s1. The third-order valence-electron chi connectivity index (χ3n) is 3.99. The van der Waals surface area contributed by atoms with Gasteiger partial charge in [-0.2, -0.15) is 0 Å².